The maximum absolute atomic E-state index is 14.5. The summed E-state index contributed by atoms with van der Waals surface area (Å²) in [5, 5.41) is 3.15. The summed E-state index contributed by atoms with van der Waals surface area (Å²) in [4.78, 5) is 14.9. The van der Waals surface area contributed by atoms with Crippen molar-refractivity contribution in [2.45, 2.75) is 39.3 Å². The average molecular weight is 413 g/mol. The van der Waals surface area contributed by atoms with Gasteiger partial charge in [-0.3, -0.25) is 0 Å². The number of nitrogens with one attached hydrogen (secondary N) is 2. The van der Waals surface area contributed by atoms with Gasteiger partial charge < -0.3 is 14.8 Å². The van der Waals surface area contributed by atoms with Gasteiger partial charge in [0.2, 0.25) is 5.95 Å². The molecule has 0 spiro atoms. The number of benzene rings is 1. The van der Waals surface area contributed by atoms with Gasteiger partial charge in [-0.25, -0.2) is 19.3 Å². The molecule has 1 aromatic carbocycles. The van der Waals surface area contributed by atoms with Gasteiger partial charge in [0.15, 0.2) is 5.82 Å². The monoisotopic (exact) mass is 413 g/mol. The molecule has 30 heavy (non-hydrogen) atoms. The van der Waals surface area contributed by atoms with Crippen molar-refractivity contribution >= 4 is 17.3 Å². The van der Waals surface area contributed by atoms with Crippen molar-refractivity contribution in [2.24, 2.45) is 0 Å². The third kappa shape index (κ3) is 3.97. The number of anilines is 3. The number of halogens is 2. The summed E-state index contributed by atoms with van der Waals surface area (Å²) in [6.07, 6.45) is 3.55. The van der Waals surface area contributed by atoms with Gasteiger partial charge >= 0.3 is 0 Å². The molecule has 0 radical (unpaired) electrons. The van der Waals surface area contributed by atoms with Gasteiger partial charge in [0.25, 0.3) is 0 Å². The first-order valence-electron chi connectivity index (χ1n) is 10.0. The summed E-state index contributed by atoms with van der Waals surface area (Å²) in [5.41, 5.74) is 4.41. The van der Waals surface area contributed by atoms with Crippen LogP contribution in [0.15, 0.2) is 36.7 Å². The lowest BCUT2D eigenvalue weighted by Crippen LogP contribution is -2.27. The molecule has 1 aliphatic heterocycles. The summed E-state index contributed by atoms with van der Waals surface area (Å²) < 4.78 is 29.2. The van der Waals surface area contributed by atoms with E-state index >= 15 is 0 Å². The quantitative estimate of drug-likeness (QED) is 0.591. The second-order valence-electron chi connectivity index (χ2n) is 7.76. The molecule has 2 N–H and O–H groups in total. The van der Waals surface area contributed by atoms with Gasteiger partial charge in [-0.2, -0.15) is 5.54 Å². The molecular formula is C21H25F2N7. The second kappa shape index (κ2) is 8.35. The Hall–Kier alpha value is -3.07. The predicted octanol–water partition coefficient (Wildman–Crippen LogP) is 4.16. The van der Waals surface area contributed by atoms with Crippen molar-refractivity contribution in [1.82, 2.24) is 25.1 Å². The zero-order valence-corrected chi connectivity index (χ0v) is 17.2. The molecule has 9 heteroatoms. The number of nitrogens with zero attached hydrogens (tertiary/aromatic N) is 5. The van der Waals surface area contributed by atoms with Gasteiger partial charge in [-0.1, -0.05) is 6.07 Å². The Labute approximate surface area is 174 Å². The minimum atomic E-state index is -0.502. The Morgan fingerprint density at radius 1 is 1.20 bits per heavy atom. The number of hydrogen-bond donors (Lipinski definition) is 2. The van der Waals surface area contributed by atoms with E-state index in [2.05, 4.69) is 25.2 Å². The molecule has 1 saturated heterocycles. The number of rotatable bonds is 6. The van der Waals surface area contributed by atoms with Crippen LogP contribution in [0.4, 0.5) is 26.2 Å². The molecule has 1 fully saturated rings. The summed E-state index contributed by atoms with van der Waals surface area (Å²) in [7, 11) is 0. The SMILES string of the molecule is Cc1ncc(-c2nc(Nc3cccc(N4CCC(NF)C4)c3)ncc2F)n1C(C)C. The zero-order chi connectivity index (χ0) is 21.3. The predicted molar refractivity (Wildman–Crippen MR) is 113 cm³/mol. The highest BCUT2D eigenvalue weighted by Gasteiger charge is 2.23. The molecule has 0 bridgehead atoms. The van der Waals surface area contributed by atoms with Crippen molar-refractivity contribution in [3.8, 4) is 11.4 Å². The third-order valence-corrected chi connectivity index (χ3v) is 5.29. The molecule has 1 aliphatic rings. The van der Waals surface area contributed by atoms with Crippen LogP contribution in [0.3, 0.4) is 0 Å². The van der Waals surface area contributed by atoms with Gasteiger partial charge in [-0.15, -0.1) is 4.48 Å². The van der Waals surface area contributed by atoms with Crippen LogP contribution >= 0.6 is 0 Å². The molecule has 4 rings (SSSR count). The maximum atomic E-state index is 14.5. The molecule has 158 valence electrons. The summed E-state index contributed by atoms with van der Waals surface area (Å²) in [5.74, 6) is 0.590. The fourth-order valence-corrected chi connectivity index (χ4v) is 3.88. The van der Waals surface area contributed by atoms with Crippen LogP contribution in [-0.2, 0) is 0 Å². The fraction of sp³-hybridized carbons (Fsp3) is 0.381. The van der Waals surface area contributed by atoms with Crippen LogP contribution < -0.4 is 15.8 Å². The van der Waals surface area contributed by atoms with Crippen LogP contribution in [0, 0.1) is 12.7 Å². The van der Waals surface area contributed by atoms with E-state index in [1.165, 1.54) is 6.20 Å². The average Bonchev–Trinajstić information content (AvgIpc) is 3.36. The lowest BCUT2D eigenvalue weighted by molar-refractivity contribution is 0.282. The molecule has 0 amide bonds. The van der Waals surface area contributed by atoms with Gasteiger partial charge in [-0.05, 0) is 45.4 Å². The van der Waals surface area contributed by atoms with E-state index in [0.29, 0.717) is 18.2 Å². The molecule has 0 saturated carbocycles. The number of imidazole rings is 1. The molecule has 3 aromatic rings. The number of aromatic nitrogens is 4. The topological polar surface area (TPSA) is 70.9 Å². The van der Waals surface area contributed by atoms with E-state index in [4.69, 9.17) is 0 Å². The minimum Gasteiger partial charge on any atom is -0.370 e. The van der Waals surface area contributed by atoms with Crippen LogP contribution in [0.2, 0.25) is 0 Å². The van der Waals surface area contributed by atoms with Crippen LogP contribution in [0.1, 0.15) is 32.1 Å². The molecule has 0 aliphatic carbocycles. The molecule has 1 atom stereocenters. The van der Waals surface area contributed by atoms with Crippen molar-refractivity contribution < 1.29 is 8.87 Å². The molecule has 2 aromatic heterocycles. The van der Waals surface area contributed by atoms with E-state index < -0.39 is 5.82 Å². The van der Waals surface area contributed by atoms with E-state index in [1.807, 2.05) is 55.1 Å². The Morgan fingerprint density at radius 2 is 2.03 bits per heavy atom. The minimum absolute atomic E-state index is 0.119. The molecule has 1 unspecified atom stereocenters. The van der Waals surface area contributed by atoms with Gasteiger partial charge in [0.05, 0.1) is 24.1 Å². The first-order valence-corrected chi connectivity index (χ1v) is 10.0. The first-order chi connectivity index (χ1) is 14.5. The Morgan fingerprint density at radius 3 is 2.77 bits per heavy atom. The second-order valence-corrected chi connectivity index (χ2v) is 7.76. The highest BCUT2D eigenvalue weighted by atomic mass is 19.2. The third-order valence-electron chi connectivity index (χ3n) is 5.29. The molecule has 7 nitrogen and oxygen atoms in total. The first kappa shape index (κ1) is 20.2. The largest absolute Gasteiger partial charge is 0.370 e. The lowest BCUT2D eigenvalue weighted by Gasteiger charge is -2.19. The smallest absolute Gasteiger partial charge is 0.227 e. The highest BCUT2D eigenvalue weighted by Crippen LogP contribution is 2.28. The van der Waals surface area contributed by atoms with Crippen molar-refractivity contribution in [1.29, 1.82) is 0 Å². The summed E-state index contributed by atoms with van der Waals surface area (Å²) in [6, 6.07) is 7.70. The Kier molecular flexibility index (Phi) is 5.63. The normalized spacial score (nSPS) is 16.5. The Bertz CT molecular complexity index is 1030. The van der Waals surface area contributed by atoms with Gasteiger partial charge in [0, 0.05) is 30.5 Å². The van der Waals surface area contributed by atoms with Crippen LogP contribution in [0.5, 0.6) is 0 Å². The van der Waals surface area contributed by atoms with Crippen molar-refractivity contribution in [3.63, 3.8) is 0 Å². The van der Waals surface area contributed by atoms with Crippen molar-refractivity contribution in [3.05, 3.63) is 48.3 Å². The molecule has 3 heterocycles. The summed E-state index contributed by atoms with van der Waals surface area (Å²) >= 11 is 0. The van der Waals surface area contributed by atoms with Gasteiger partial charge in [0.1, 0.15) is 11.5 Å². The summed E-state index contributed by atoms with van der Waals surface area (Å²) in [6.45, 7) is 7.30. The van der Waals surface area contributed by atoms with E-state index in [0.717, 1.165) is 30.2 Å². The standard InChI is InChI=1S/C21H25F2N7/c1-13(2)30-14(3)24-11-19(30)20-18(22)10-25-21(27-20)26-15-5-4-6-17(9-15)29-8-7-16(12-29)28-23/h4-6,9-11,13,16,28H,7-8,12H2,1-3H3,(H,25,26,27). The highest BCUT2D eigenvalue weighted by molar-refractivity contribution is 5.64. The van der Waals surface area contributed by atoms with Crippen LogP contribution in [0.25, 0.3) is 11.4 Å². The molecular weight excluding hydrogens is 388 g/mol. The van der Waals surface area contributed by atoms with Crippen molar-refractivity contribution in [2.75, 3.05) is 23.3 Å². The lowest BCUT2D eigenvalue weighted by atomic mass is 10.2. The van der Waals surface area contributed by atoms with E-state index in [9.17, 15) is 8.87 Å². The zero-order valence-electron chi connectivity index (χ0n) is 17.2. The van der Waals surface area contributed by atoms with Crippen LogP contribution in [-0.4, -0.2) is 38.7 Å². The fourth-order valence-electron chi connectivity index (χ4n) is 3.88. The van der Waals surface area contributed by atoms with E-state index in [1.54, 1.807) is 6.20 Å². The number of hydrogen-bond acceptors (Lipinski definition) is 6. The van der Waals surface area contributed by atoms with E-state index in [-0.39, 0.29) is 17.8 Å². The maximum Gasteiger partial charge on any atom is 0.227 e. The number of aryl methyl sites for hydroxylation is 1. The Balaban J connectivity index is 1.60.